The van der Waals surface area contributed by atoms with Crippen molar-refractivity contribution in [1.29, 1.82) is 0 Å². The van der Waals surface area contributed by atoms with Crippen molar-refractivity contribution in [1.82, 2.24) is 9.55 Å². The highest BCUT2D eigenvalue weighted by Gasteiger charge is 2.33. The van der Waals surface area contributed by atoms with Crippen LogP contribution in [0, 0.1) is 5.82 Å². The number of nitrogens with one attached hydrogen (secondary N) is 1. The minimum Gasteiger partial charge on any atom is -0.469 e. The van der Waals surface area contributed by atoms with Crippen LogP contribution >= 0.6 is 11.6 Å². The maximum Gasteiger partial charge on any atom is 0.431 e. The van der Waals surface area contributed by atoms with E-state index in [1.165, 1.54) is 12.1 Å². The quantitative estimate of drug-likeness (QED) is 0.416. The van der Waals surface area contributed by atoms with Crippen LogP contribution in [0.5, 0.6) is 11.5 Å². The predicted octanol–water partition coefficient (Wildman–Crippen LogP) is 4.24. The smallest absolute Gasteiger partial charge is 0.431 e. The molecule has 0 saturated carbocycles. The highest BCUT2D eigenvalue weighted by Crippen LogP contribution is 2.34. The first-order valence-electron chi connectivity index (χ1n) is 9.27. The third-order valence-electron chi connectivity index (χ3n) is 4.50. The van der Waals surface area contributed by atoms with E-state index in [2.05, 4.69) is 4.74 Å². The average molecular weight is 487 g/mol. The molecule has 0 aliphatic carbocycles. The summed E-state index contributed by atoms with van der Waals surface area (Å²) in [6, 6.07) is 8.34. The van der Waals surface area contributed by atoms with Gasteiger partial charge < -0.3 is 14.5 Å². The number of esters is 1. The molecule has 1 aromatic heterocycles. The Bertz CT molecular complexity index is 1290. The van der Waals surface area contributed by atoms with Crippen molar-refractivity contribution < 1.29 is 31.8 Å². The van der Waals surface area contributed by atoms with Crippen molar-refractivity contribution in [2.24, 2.45) is 0 Å². The molecule has 7 nitrogen and oxygen atoms in total. The van der Waals surface area contributed by atoms with E-state index in [0.717, 1.165) is 12.1 Å². The number of halogens is 5. The van der Waals surface area contributed by atoms with Crippen molar-refractivity contribution in [2.45, 2.75) is 19.0 Å². The number of ether oxygens (including phenoxy) is 2. The lowest BCUT2D eigenvalue weighted by Crippen LogP contribution is -2.36. The van der Waals surface area contributed by atoms with Crippen LogP contribution in [0.15, 0.2) is 52.1 Å². The summed E-state index contributed by atoms with van der Waals surface area (Å²) in [5, 5.41) is -0.226. The summed E-state index contributed by atoms with van der Waals surface area (Å²) in [7, 11) is 1.25. The van der Waals surface area contributed by atoms with E-state index in [-0.39, 0.29) is 40.0 Å². The summed E-state index contributed by atoms with van der Waals surface area (Å²) >= 11 is 6.04. The lowest BCUT2D eigenvalue weighted by atomic mass is 10.1. The van der Waals surface area contributed by atoms with Gasteiger partial charge in [-0.05, 0) is 24.1 Å². The Balaban J connectivity index is 2.04. The van der Waals surface area contributed by atoms with E-state index >= 15 is 0 Å². The number of para-hydroxylation sites is 1. The molecule has 3 aromatic rings. The van der Waals surface area contributed by atoms with Crippen LogP contribution in [0.3, 0.4) is 0 Å². The van der Waals surface area contributed by atoms with Gasteiger partial charge in [0.1, 0.15) is 23.0 Å². The van der Waals surface area contributed by atoms with Gasteiger partial charge in [0.25, 0.3) is 5.56 Å². The number of alkyl halides is 3. The van der Waals surface area contributed by atoms with Crippen LogP contribution < -0.4 is 16.0 Å². The SMILES string of the molecule is COC(=O)CCc1ccccc1Oc1cc(-n2c(=O)cc(C(F)(F)F)[nH]c2=O)c(F)cc1Cl. The molecular formula is C21H15ClF4N2O5. The molecule has 0 spiro atoms. The van der Waals surface area contributed by atoms with Gasteiger partial charge >= 0.3 is 17.8 Å². The summed E-state index contributed by atoms with van der Waals surface area (Å²) in [4.78, 5) is 37.3. The van der Waals surface area contributed by atoms with Gasteiger partial charge in [0.2, 0.25) is 0 Å². The molecule has 0 aliphatic heterocycles. The summed E-state index contributed by atoms with van der Waals surface area (Å²) in [6.45, 7) is 0. The van der Waals surface area contributed by atoms with Gasteiger partial charge in [0.05, 0.1) is 17.8 Å². The average Bonchev–Trinajstić information content (AvgIpc) is 2.74. The molecule has 1 N–H and O–H groups in total. The Morgan fingerprint density at radius 2 is 1.82 bits per heavy atom. The third-order valence-corrected chi connectivity index (χ3v) is 4.79. The number of methoxy groups -OCH3 is 1. The topological polar surface area (TPSA) is 90.4 Å². The second-order valence-corrected chi connectivity index (χ2v) is 7.09. The predicted molar refractivity (Wildman–Crippen MR) is 109 cm³/mol. The van der Waals surface area contributed by atoms with Gasteiger partial charge in [-0.1, -0.05) is 29.8 Å². The Morgan fingerprint density at radius 3 is 2.45 bits per heavy atom. The molecule has 0 atom stereocenters. The second kappa shape index (κ2) is 9.49. The zero-order chi connectivity index (χ0) is 24.3. The number of carbonyl (C=O) groups excluding carboxylic acids is 1. The fourth-order valence-corrected chi connectivity index (χ4v) is 3.10. The number of benzene rings is 2. The minimum atomic E-state index is -4.97. The van der Waals surface area contributed by atoms with Crippen molar-refractivity contribution in [3.63, 3.8) is 0 Å². The third kappa shape index (κ3) is 5.43. The van der Waals surface area contributed by atoms with E-state index in [0.29, 0.717) is 5.56 Å². The lowest BCUT2D eigenvalue weighted by Gasteiger charge is -2.14. The molecule has 0 saturated heterocycles. The Hall–Kier alpha value is -3.60. The largest absolute Gasteiger partial charge is 0.469 e. The highest BCUT2D eigenvalue weighted by atomic mass is 35.5. The van der Waals surface area contributed by atoms with Crippen LogP contribution in [0.4, 0.5) is 17.6 Å². The first-order chi connectivity index (χ1) is 15.5. The first-order valence-corrected chi connectivity index (χ1v) is 9.64. The van der Waals surface area contributed by atoms with E-state index in [1.54, 1.807) is 24.3 Å². The fourth-order valence-electron chi connectivity index (χ4n) is 2.91. The minimum absolute atomic E-state index is 0.0512. The van der Waals surface area contributed by atoms with Gasteiger partial charge in [0.15, 0.2) is 0 Å². The van der Waals surface area contributed by atoms with Crippen LogP contribution in [0.2, 0.25) is 5.02 Å². The first kappa shape index (κ1) is 24.1. The molecule has 0 bridgehead atoms. The second-order valence-electron chi connectivity index (χ2n) is 6.68. The van der Waals surface area contributed by atoms with Gasteiger partial charge in [-0.3, -0.25) is 9.59 Å². The number of carbonyl (C=O) groups is 1. The Morgan fingerprint density at radius 1 is 1.12 bits per heavy atom. The molecule has 0 unspecified atom stereocenters. The standard InChI is InChI=1S/C21H15ClF4N2O5/c1-32-19(30)7-6-11-4-2-3-5-15(11)33-16-9-14(13(23)8-12(16)22)28-18(29)10-17(21(24,25)26)27-20(28)31/h2-5,8-10H,6-7H2,1H3,(H,27,31). The van der Waals surface area contributed by atoms with Gasteiger partial charge in [-0.15, -0.1) is 0 Å². The fraction of sp³-hybridized carbons (Fsp3) is 0.190. The number of hydrogen-bond donors (Lipinski definition) is 1. The summed E-state index contributed by atoms with van der Waals surface area (Å²) in [5.41, 5.74) is -4.56. The van der Waals surface area contributed by atoms with Crippen LogP contribution in [-0.2, 0) is 22.1 Å². The number of hydrogen-bond acceptors (Lipinski definition) is 5. The lowest BCUT2D eigenvalue weighted by molar-refractivity contribution is -0.142. The number of aromatic amines is 1. The van der Waals surface area contributed by atoms with Crippen molar-refractivity contribution in [3.05, 3.63) is 85.4 Å². The monoisotopic (exact) mass is 486 g/mol. The molecule has 0 aliphatic rings. The molecule has 12 heteroatoms. The summed E-state index contributed by atoms with van der Waals surface area (Å²) in [6.07, 6.45) is -4.68. The molecule has 0 radical (unpaired) electrons. The number of H-pyrrole nitrogens is 1. The van der Waals surface area contributed by atoms with Crippen molar-refractivity contribution >= 4 is 17.6 Å². The maximum absolute atomic E-state index is 14.6. The van der Waals surface area contributed by atoms with Gasteiger partial charge in [-0.2, -0.15) is 13.2 Å². The van der Waals surface area contributed by atoms with Gasteiger partial charge in [0, 0.05) is 18.6 Å². The number of rotatable bonds is 6. The summed E-state index contributed by atoms with van der Waals surface area (Å²) < 4.78 is 63.6. The highest BCUT2D eigenvalue weighted by molar-refractivity contribution is 6.32. The van der Waals surface area contributed by atoms with Crippen LogP contribution in [0.25, 0.3) is 5.69 Å². The van der Waals surface area contributed by atoms with E-state index in [9.17, 15) is 31.9 Å². The Kier molecular flexibility index (Phi) is 6.92. The van der Waals surface area contributed by atoms with E-state index in [1.807, 2.05) is 0 Å². The van der Waals surface area contributed by atoms with Crippen molar-refractivity contribution in [3.8, 4) is 17.2 Å². The van der Waals surface area contributed by atoms with Crippen LogP contribution in [0.1, 0.15) is 17.7 Å². The molecule has 0 fully saturated rings. The Labute approximate surface area is 188 Å². The number of aryl methyl sites for hydroxylation is 1. The molecule has 2 aromatic carbocycles. The number of aromatic nitrogens is 2. The zero-order valence-corrected chi connectivity index (χ0v) is 17.6. The number of nitrogens with zero attached hydrogens (tertiary/aromatic N) is 1. The van der Waals surface area contributed by atoms with E-state index < -0.39 is 40.6 Å². The molecule has 33 heavy (non-hydrogen) atoms. The zero-order valence-electron chi connectivity index (χ0n) is 16.8. The van der Waals surface area contributed by atoms with Gasteiger partial charge in [-0.25, -0.2) is 13.8 Å². The molecule has 1 heterocycles. The molecule has 174 valence electrons. The molecule has 3 rings (SSSR count). The van der Waals surface area contributed by atoms with Crippen LogP contribution in [-0.4, -0.2) is 22.6 Å². The van der Waals surface area contributed by atoms with E-state index in [4.69, 9.17) is 16.3 Å². The molecule has 0 amide bonds. The normalized spacial score (nSPS) is 11.3. The maximum atomic E-state index is 14.6. The summed E-state index contributed by atoms with van der Waals surface area (Å²) in [5.74, 6) is -1.52. The van der Waals surface area contributed by atoms with Crippen molar-refractivity contribution in [2.75, 3.05) is 7.11 Å². The molecular weight excluding hydrogens is 472 g/mol.